The molecule has 22 heavy (non-hydrogen) atoms. The van der Waals surface area contributed by atoms with E-state index < -0.39 is 5.97 Å². The van der Waals surface area contributed by atoms with Gasteiger partial charge in [-0.2, -0.15) is 4.68 Å². The summed E-state index contributed by atoms with van der Waals surface area (Å²) in [6.45, 7) is -0.0345. The summed E-state index contributed by atoms with van der Waals surface area (Å²) < 4.78 is 6.75. The van der Waals surface area contributed by atoms with Crippen molar-refractivity contribution in [2.75, 3.05) is 0 Å². The predicted molar refractivity (Wildman–Crippen MR) is 79.7 cm³/mol. The van der Waals surface area contributed by atoms with Gasteiger partial charge < -0.3 is 4.74 Å². The largest absolute Gasteiger partial charge is 0.454 e. The minimum atomic E-state index is -0.481. The number of carbonyl (C=O) groups is 1. The van der Waals surface area contributed by atoms with E-state index in [0.717, 1.165) is 5.69 Å². The standard InChI is InChI=1S/C15H11ClN4O2/c16-12-6-4-5-11(9-12)15(21)22-10-14-17-18-19-20(14)13-7-2-1-3-8-13/h1-9H,10H2. The molecule has 2 aromatic carbocycles. The molecule has 0 bridgehead atoms. The fourth-order valence-electron chi connectivity index (χ4n) is 1.89. The van der Waals surface area contributed by atoms with Gasteiger partial charge >= 0.3 is 5.97 Å². The zero-order valence-corrected chi connectivity index (χ0v) is 12.1. The van der Waals surface area contributed by atoms with Crippen molar-refractivity contribution in [3.05, 3.63) is 71.0 Å². The molecule has 3 aromatic rings. The molecule has 110 valence electrons. The normalized spacial score (nSPS) is 10.4. The first-order valence-corrected chi connectivity index (χ1v) is 6.87. The van der Waals surface area contributed by atoms with Gasteiger partial charge in [-0.25, -0.2) is 4.79 Å². The third kappa shape index (κ3) is 3.12. The van der Waals surface area contributed by atoms with Crippen LogP contribution in [0.3, 0.4) is 0 Å². The molecule has 0 spiro atoms. The number of para-hydroxylation sites is 1. The highest BCUT2D eigenvalue weighted by molar-refractivity contribution is 6.30. The fourth-order valence-corrected chi connectivity index (χ4v) is 2.08. The molecule has 0 unspecified atom stereocenters. The Morgan fingerprint density at radius 2 is 1.95 bits per heavy atom. The number of carbonyl (C=O) groups excluding carboxylic acids is 1. The van der Waals surface area contributed by atoms with Crippen molar-refractivity contribution in [1.82, 2.24) is 20.2 Å². The van der Waals surface area contributed by atoms with Crippen molar-refractivity contribution in [2.45, 2.75) is 6.61 Å². The topological polar surface area (TPSA) is 69.9 Å². The number of tetrazole rings is 1. The van der Waals surface area contributed by atoms with Crippen molar-refractivity contribution in [3.8, 4) is 5.69 Å². The molecule has 0 saturated carbocycles. The molecule has 0 aliphatic rings. The molecule has 0 N–H and O–H groups in total. The summed E-state index contributed by atoms with van der Waals surface area (Å²) in [5.41, 5.74) is 1.17. The number of rotatable bonds is 4. The highest BCUT2D eigenvalue weighted by Crippen LogP contribution is 2.13. The Labute approximate surface area is 131 Å². The fraction of sp³-hybridized carbons (Fsp3) is 0.0667. The van der Waals surface area contributed by atoms with E-state index in [-0.39, 0.29) is 6.61 Å². The van der Waals surface area contributed by atoms with E-state index in [0.29, 0.717) is 16.4 Å². The molecule has 0 radical (unpaired) electrons. The van der Waals surface area contributed by atoms with Gasteiger partial charge in [0.05, 0.1) is 11.3 Å². The maximum absolute atomic E-state index is 12.0. The van der Waals surface area contributed by atoms with Crippen LogP contribution in [0.4, 0.5) is 0 Å². The Kier molecular flexibility index (Phi) is 4.11. The lowest BCUT2D eigenvalue weighted by Gasteiger charge is -2.06. The molecule has 3 rings (SSSR count). The van der Waals surface area contributed by atoms with E-state index in [4.69, 9.17) is 16.3 Å². The summed E-state index contributed by atoms with van der Waals surface area (Å²) in [6, 6.07) is 15.9. The van der Waals surface area contributed by atoms with Crippen molar-refractivity contribution >= 4 is 17.6 Å². The van der Waals surface area contributed by atoms with Crippen LogP contribution >= 0.6 is 11.6 Å². The van der Waals surface area contributed by atoms with E-state index in [1.165, 1.54) is 4.68 Å². The summed E-state index contributed by atoms with van der Waals surface area (Å²) in [5, 5.41) is 11.9. The van der Waals surface area contributed by atoms with Crippen molar-refractivity contribution in [3.63, 3.8) is 0 Å². The monoisotopic (exact) mass is 314 g/mol. The van der Waals surface area contributed by atoms with E-state index in [1.807, 2.05) is 30.3 Å². The second-order valence-corrected chi connectivity index (χ2v) is 4.87. The number of esters is 1. The molecular weight excluding hydrogens is 304 g/mol. The lowest BCUT2D eigenvalue weighted by Crippen LogP contribution is -2.10. The van der Waals surface area contributed by atoms with Crippen LogP contribution in [0.15, 0.2) is 54.6 Å². The molecule has 1 aromatic heterocycles. The molecule has 0 atom stereocenters. The Morgan fingerprint density at radius 1 is 1.14 bits per heavy atom. The maximum atomic E-state index is 12.0. The molecule has 0 saturated heterocycles. The molecule has 0 amide bonds. The third-order valence-corrected chi connectivity index (χ3v) is 3.16. The van der Waals surface area contributed by atoms with Gasteiger partial charge in [0.1, 0.15) is 0 Å². The first-order chi connectivity index (χ1) is 10.7. The molecule has 1 heterocycles. The van der Waals surface area contributed by atoms with E-state index in [1.54, 1.807) is 24.3 Å². The van der Waals surface area contributed by atoms with Gasteiger partial charge in [0.2, 0.25) is 0 Å². The van der Waals surface area contributed by atoms with Gasteiger partial charge in [-0.3, -0.25) is 0 Å². The van der Waals surface area contributed by atoms with Crippen LogP contribution in [-0.4, -0.2) is 26.2 Å². The van der Waals surface area contributed by atoms with E-state index in [2.05, 4.69) is 15.5 Å². The summed E-state index contributed by atoms with van der Waals surface area (Å²) in [4.78, 5) is 12.0. The third-order valence-electron chi connectivity index (χ3n) is 2.93. The summed E-state index contributed by atoms with van der Waals surface area (Å²) in [6.07, 6.45) is 0. The second kappa shape index (κ2) is 6.36. The minimum absolute atomic E-state index is 0.0345. The van der Waals surface area contributed by atoms with Gasteiger partial charge in [-0.05, 0) is 40.8 Å². The molecule has 6 nitrogen and oxygen atoms in total. The van der Waals surface area contributed by atoms with Crippen molar-refractivity contribution < 1.29 is 9.53 Å². The molecule has 0 aliphatic heterocycles. The van der Waals surface area contributed by atoms with Crippen molar-refractivity contribution in [2.24, 2.45) is 0 Å². The predicted octanol–water partition coefficient (Wildman–Crippen LogP) is 2.67. The Balaban J connectivity index is 1.73. The summed E-state index contributed by atoms with van der Waals surface area (Å²) in [5.74, 6) is -0.0494. The quantitative estimate of drug-likeness (QED) is 0.692. The van der Waals surface area contributed by atoms with Gasteiger partial charge in [0, 0.05) is 5.02 Å². The van der Waals surface area contributed by atoms with Crippen LogP contribution < -0.4 is 0 Å². The van der Waals surface area contributed by atoms with Crippen LogP contribution in [0, 0.1) is 0 Å². The Morgan fingerprint density at radius 3 is 2.73 bits per heavy atom. The van der Waals surface area contributed by atoms with Gasteiger partial charge in [-0.1, -0.05) is 35.9 Å². The molecule has 0 aliphatic carbocycles. The minimum Gasteiger partial charge on any atom is -0.454 e. The highest BCUT2D eigenvalue weighted by atomic mass is 35.5. The number of hydrogen-bond donors (Lipinski definition) is 0. The van der Waals surface area contributed by atoms with Gasteiger partial charge in [0.15, 0.2) is 12.4 Å². The molecule has 7 heteroatoms. The number of benzene rings is 2. The Hall–Kier alpha value is -2.73. The number of aromatic nitrogens is 4. The zero-order chi connectivity index (χ0) is 15.4. The molecular formula is C15H11ClN4O2. The first kappa shape index (κ1) is 14.2. The smallest absolute Gasteiger partial charge is 0.338 e. The lowest BCUT2D eigenvalue weighted by atomic mass is 10.2. The van der Waals surface area contributed by atoms with Crippen LogP contribution in [0.25, 0.3) is 5.69 Å². The summed E-state index contributed by atoms with van der Waals surface area (Å²) in [7, 11) is 0. The maximum Gasteiger partial charge on any atom is 0.338 e. The SMILES string of the molecule is O=C(OCc1nnnn1-c1ccccc1)c1cccc(Cl)c1. The number of halogens is 1. The average Bonchev–Trinajstić information content (AvgIpc) is 3.02. The van der Waals surface area contributed by atoms with Crippen LogP contribution in [0.1, 0.15) is 16.2 Å². The number of nitrogens with zero attached hydrogens (tertiary/aromatic N) is 4. The first-order valence-electron chi connectivity index (χ1n) is 6.49. The van der Waals surface area contributed by atoms with E-state index >= 15 is 0 Å². The summed E-state index contributed by atoms with van der Waals surface area (Å²) >= 11 is 5.85. The second-order valence-electron chi connectivity index (χ2n) is 4.43. The van der Waals surface area contributed by atoms with Gasteiger partial charge in [-0.15, -0.1) is 5.10 Å². The van der Waals surface area contributed by atoms with Crippen LogP contribution in [0.2, 0.25) is 5.02 Å². The Bertz CT molecular complexity index is 789. The van der Waals surface area contributed by atoms with Gasteiger partial charge in [0.25, 0.3) is 0 Å². The average molecular weight is 315 g/mol. The van der Waals surface area contributed by atoms with Crippen molar-refractivity contribution in [1.29, 1.82) is 0 Å². The van der Waals surface area contributed by atoms with Crippen LogP contribution in [0.5, 0.6) is 0 Å². The zero-order valence-electron chi connectivity index (χ0n) is 11.4. The lowest BCUT2D eigenvalue weighted by molar-refractivity contribution is 0.0459. The molecule has 0 fully saturated rings. The number of ether oxygens (including phenoxy) is 1. The van der Waals surface area contributed by atoms with Crippen LogP contribution in [-0.2, 0) is 11.3 Å². The number of hydrogen-bond acceptors (Lipinski definition) is 5. The highest BCUT2D eigenvalue weighted by Gasteiger charge is 2.12. The van der Waals surface area contributed by atoms with E-state index in [9.17, 15) is 4.79 Å².